The Bertz CT molecular complexity index is 378. The molecule has 0 saturated carbocycles. The van der Waals surface area contributed by atoms with E-state index in [1.165, 1.54) is 25.7 Å². The van der Waals surface area contributed by atoms with Gasteiger partial charge in [-0.05, 0) is 31.0 Å². The number of halogens is 2. The molecule has 16 heavy (non-hydrogen) atoms. The van der Waals surface area contributed by atoms with E-state index < -0.39 is 0 Å². The van der Waals surface area contributed by atoms with Crippen molar-refractivity contribution in [1.82, 2.24) is 5.32 Å². The number of hydrogen-bond donors (Lipinski definition) is 1. The Hall–Kier alpha value is -0.800. The van der Waals surface area contributed by atoms with Gasteiger partial charge in [0.05, 0.1) is 12.1 Å². The highest BCUT2D eigenvalue weighted by Gasteiger charge is 2.20. The molecule has 0 aromatic heterocycles. The lowest BCUT2D eigenvalue weighted by Crippen LogP contribution is -2.27. The monoisotopic (exact) mass is 243 g/mol. The average molecular weight is 244 g/mol. The van der Waals surface area contributed by atoms with Crippen LogP contribution >= 0.6 is 11.6 Å². The summed E-state index contributed by atoms with van der Waals surface area (Å²) in [6.07, 6.45) is 3.31. The molecule has 88 valence electrons. The van der Waals surface area contributed by atoms with Crippen molar-refractivity contribution < 1.29 is 9.13 Å². The second-order valence-corrected chi connectivity index (χ2v) is 4.39. The molecule has 1 aliphatic rings. The Labute approximate surface area is 99.7 Å². The maximum atomic E-state index is 13.4. The summed E-state index contributed by atoms with van der Waals surface area (Å²) in [5.41, 5.74) is 0.804. The SMILES string of the molecule is COc1cc(F)cc(C2CCCCN2)c1Cl. The summed E-state index contributed by atoms with van der Waals surface area (Å²) in [7, 11) is 1.50. The molecule has 0 spiro atoms. The van der Waals surface area contributed by atoms with Crippen LogP contribution in [0.25, 0.3) is 0 Å². The molecule has 4 heteroatoms. The first-order valence-corrected chi connectivity index (χ1v) is 5.86. The number of piperidine rings is 1. The molecule has 1 unspecified atom stereocenters. The third-order valence-corrected chi connectivity index (χ3v) is 3.34. The van der Waals surface area contributed by atoms with Gasteiger partial charge in [0.25, 0.3) is 0 Å². The van der Waals surface area contributed by atoms with Crippen molar-refractivity contribution in [3.05, 3.63) is 28.5 Å². The van der Waals surface area contributed by atoms with E-state index in [9.17, 15) is 4.39 Å². The predicted octanol–water partition coefficient (Wildman–Crippen LogP) is 3.30. The minimum Gasteiger partial charge on any atom is -0.495 e. The summed E-state index contributed by atoms with van der Waals surface area (Å²) >= 11 is 6.18. The van der Waals surface area contributed by atoms with Gasteiger partial charge >= 0.3 is 0 Å². The molecule has 2 rings (SSSR count). The highest BCUT2D eigenvalue weighted by atomic mass is 35.5. The summed E-state index contributed by atoms with van der Waals surface area (Å²) in [6, 6.07) is 2.95. The van der Waals surface area contributed by atoms with Crippen LogP contribution in [0, 0.1) is 5.82 Å². The van der Waals surface area contributed by atoms with Gasteiger partial charge in [0, 0.05) is 12.1 Å². The fraction of sp³-hybridized carbons (Fsp3) is 0.500. The van der Waals surface area contributed by atoms with Crippen molar-refractivity contribution in [2.45, 2.75) is 25.3 Å². The van der Waals surface area contributed by atoms with E-state index in [-0.39, 0.29) is 11.9 Å². The molecule has 2 nitrogen and oxygen atoms in total. The van der Waals surface area contributed by atoms with Gasteiger partial charge in [-0.2, -0.15) is 0 Å². The zero-order valence-corrected chi connectivity index (χ0v) is 9.98. The van der Waals surface area contributed by atoms with Gasteiger partial charge in [-0.15, -0.1) is 0 Å². The van der Waals surface area contributed by atoms with Gasteiger partial charge in [-0.1, -0.05) is 18.0 Å². The molecule has 1 aromatic rings. The maximum Gasteiger partial charge on any atom is 0.140 e. The fourth-order valence-corrected chi connectivity index (χ4v) is 2.42. The van der Waals surface area contributed by atoms with Crippen molar-refractivity contribution in [3.63, 3.8) is 0 Å². The van der Waals surface area contributed by atoms with E-state index in [0.717, 1.165) is 24.9 Å². The summed E-state index contributed by atoms with van der Waals surface area (Å²) in [6.45, 7) is 0.958. The highest BCUT2D eigenvalue weighted by Crippen LogP contribution is 2.35. The lowest BCUT2D eigenvalue weighted by atomic mass is 9.97. The lowest BCUT2D eigenvalue weighted by molar-refractivity contribution is 0.396. The minimum absolute atomic E-state index is 0.144. The molecule has 0 bridgehead atoms. The van der Waals surface area contributed by atoms with Crippen LogP contribution in [0.15, 0.2) is 12.1 Å². The standard InChI is InChI=1S/C12H15ClFNO/c1-16-11-7-8(14)6-9(12(11)13)10-4-2-3-5-15-10/h6-7,10,15H,2-5H2,1H3. The quantitative estimate of drug-likeness (QED) is 0.861. The average Bonchev–Trinajstić information content (AvgIpc) is 2.33. The zero-order valence-electron chi connectivity index (χ0n) is 9.22. The van der Waals surface area contributed by atoms with Crippen LogP contribution < -0.4 is 10.1 Å². The topological polar surface area (TPSA) is 21.3 Å². The number of benzene rings is 1. The predicted molar refractivity (Wildman–Crippen MR) is 62.6 cm³/mol. The largest absolute Gasteiger partial charge is 0.495 e. The van der Waals surface area contributed by atoms with E-state index in [1.54, 1.807) is 0 Å². The molecular formula is C12H15ClFNO. The molecule has 1 aromatic carbocycles. The van der Waals surface area contributed by atoms with E-state index in [0.29, 0.717) is 10.8 Å². The molecule has 1 aliphatic heterocycles. The van der Waals surface area contributed by atoms with Gasteiger partial charge in [-0.25, -0.2) is 4.39 Å². The number of hydrogen-bond acceptors (Lipinski definition) is 2. The molecular weight excluding hydrogens is 229 g/mol. The van der Waals surface area contributed by atoms with Crippen molar-refractivity contribution in [1.29, 1.82) is 0 Å². The van der Waals surface area contributed by atoms with Gasteiger partial charge in [-0.3, -0.25) is 0 Å². The van der Waals surface area contributed by atoms with Crippen LogP contribution in [0.4, 0.5) is 4.39 Å². The van der Waals surface area contributed by atoms with Gasteiger partial charge < -0.3 is 10.1 Å². The number of rotatable bonds is 2. The summed E-state index contributed by atoms with van der Waals surface area (Å²) in [5.74, 6) is 0.104. The third kappa shape index (κ3) is 2.30. The highest BCUT2D eigenvalue weighted by molar-refractivity contribution is 6.32. The van der Waals surface area contributed by atoms with E-state index >= 15 is 0 Å². The van der Waals surface area contributed by atoms with Crippen LogP contribution in [-0.2, 0) is 0 Å². The van der Waals surface area contributed by atoms with Crippen molar-refractivity contribution in [3.8, 4) is 5.75 Å². The Morgan fingerprint density at radius 2 is 2.25 bits per heavy atom. The van der Waals surface area contributed by atoms with Crippen LogP contribution in [0.1, 0.15) is 30.9 Å². The van der Waals surface area contributed by atoms with E-state index in [2.05, 4.69) is 5.32 Å². The van der Waals surface area contributed by atoms with Crippen LogP contribution in [0.3, 0.4) is 0 Å². The molecule has 1 heterocycles. The normalized spacial score (nSPS) is 20.8. The summed E-state index contributed by atoms with van der Waals surface area (Å²) in [5, 5.41) is 3.87. The molecule has 1 atom stereocenters. The van der Waals surface area contributed by atoms with Gasteiger partial charge in [0.2, 0.25) is 0 Å². The molecule has 1 N–H and O–H groups in total. The van der Waals surface area contributed by atoms with Crippen molar-refractivity contribution in [2.75, 3.05) is 13.7 Å². The van der Waals surface area contributed by atoms with Crippen LogP contribution in [0.5, 0.6) is 5.75 Å². The Kier molecular flexibility index (Phi) is 3.66. The number of methoxy groups -OCH3 is 1. The van der Waals surface area contributed by atoms with Crippen LogP contribution in [-0.4, -0.2) is 13.7 Å². The molecule has 1 saturated heterocycles. The molecule has 0 radical (unpaired) electrons. The second-order valence-electron chi connectivity index (χ2n) is 4.01. The first-order chi connectivity index (χ1) is 7.72. The zero-order chi connectivity index (χ0) is 11.5. The maximum absolute atomic E-state index is 13.4. The Balaban J connectivity index is 2.34. The van der Waals surface area contributed by atoms with Gasteiger partial charge in [0.1, 0.15) is 11.6 Å². The molecule has 1 fully saturated rings. The molecule has 0 amide bonds. The lowest BCUT2D eigenvalue weighted by Gasteiger charge is -2.25. The second kappa shape index (κ2) is 5.02. The Morgan fingerprint density at radius 1 is 1.44 bits per heavy atom. The van der Waals surface area contributed by atoms with Crippen molar-refractivity contribution >= 4 is 11.6 Å². The minimum atomic E-state index is -0.302. The first-order valence-electron chi connectivity index (χ1n) is 5.48. The Morgan fingerprint density at radius 3 is 2.88 bits per heavy atom. The van der Waals surface area contributed by atoms with Crippen molar-refractivity contribution in [2.24, 2.45) is 0 Å². The summed E-state index contributed by atoms with van der Waals surface area (Å²) in [4.78, 5) is 0. The smallest absolute Gasteiger partial charge is 0.140 e. The fourth-order valence-electron chi connectivity index (χ4n) is 2.10. The first kappa shape index (κ1) is 11.7. The van der Waals surface area contributed by atoms with E-state index in [1.807, 2.05) is 0 Å². The number of nitrogens with one attached hydrogen (secondary N) is 1. The van der Waals surface area contributed by atoms with Gasteiger partial charge in [0.15, 0.2) is 0 Å². The van der Waals surface area contributed by atoms with Crippen LogP contribution in [0.2, 0.25) is 5.02 Å². The molecule has 0 aliphatic carbocycles. The third-order valence-electron chi connectivity index (χ3n) is 2.94. The van der Waals surface area contributed by atoms with E-state index in [4.69, 9.17) is 16.3 Å². The number of ether oxygens (including phenoxy) is 1. The summed E-state index contributed by atoms with van der Waals surface area (Å²) < 4.78 is 18.4.